The fourth-order valence-electron chi connectivity index (χ4n) is 3.16. The molecule has 0 unspecified atom stereocenters. The molecule has 2 aromatic rings. The van der Waals surface area contributed by atoms with Crippen LogP contribution in [0.5, 0.6) is 0 Å². The molecule has 3 heterocycles. The van der Waals surface area contributed by atoms with Gasteiger partial charge in [-0.1, -0.05) is 0 Å². The molecule has 2 N–H and O–H groups in total. The summed E-state index contributed by atoms with van der Waals surface area (Å²) in [5, 5.41) is 0.172. The number of ether oxygens (including phenoxy) is 4. The number of esters is 3. The van der Waals surface area contributed by atoms with E-state index in [1.165, 1.54) is 38.8 Å². The highest BCUT2D eigenvalue weighted by molar-refractivity contribution is 7.94. The van der Waals surface area contributed by atoms with Crippen LogP contribution in [0.3, 0.4) is 0 Å². The van der Waals surface area contributed by atoms with Crippen molar-refractivity contribution in [2.45, 2.75) is 50.5 Å². The van der Waals surface area contributed by atoms with Crippen LogP contribution in [0.2, 0.25) is 0 Å². The lowest BCUT2D eigenvalue weighted by Gasteiger charge is -2.24. The molecule has 1 aliphatic rings. The van der Waals surface area contributed by atoms with E-state index in [1.54, 1.807) is 0 Å². The molecule has 0 aromatic carbocycles. The van der Waals surface area contributed by atoms with Crippen molar-refractivity contribution in [1.82, 2.24) is 19.5 Å². The number of nitrogens with two attached hydrogens (primary N) is 1. The third-order valence-corrected chi connectivity index (χ3v) is 4.89. The SMILES string of the molecule is COOSc1nc2c(N)ncnc2n1[C@@H]1O[C@H](COC(C)=O)[C@@H](OC(C)=O)[C@H]1OC(C)=O. The molecule has 1 saturated heterocycles. The lowest BCUT2D eigenvalue weighted by molar-refractivity contribution is -0.166. The van der Waals surface area contributed by atoms with Gasteiger partial charge in [0.25, 0.3) is 0 Å². The summed E-state index contributed by atoms with van der Waals surface area (Å²) < 4.78 is 28.3. The van der Waals surface area contributed by atoms with Crippen molar-refractivity contribution in [2.75, 3.05) is 19.5 Å². The predicted molar refractivity (Wildman–Crippen MR) is 105 cm³/mol. The Hall–Kier alpha value is -3.01. The van der Waals surface area contributed by atoms with Gasteiger partial charge in [0.2, 0.25) is 5.16 Å². The van der Waals surface area contributed by atoms with E-state index in [9.17, 15) is 14.4 Å². The van der Waals surface area contributed by atoms with Crippen LogP contribution < -0.4 is 5.73 Å². The summed E-state index contributed by atoms with van der Waals surface area (Å²) in [5.74, 6) is -1.79. The van der Waals surface area contributed by atoms with Gasteiger partial charge in [-0.15, -0.1) is 0 Å². The van der Waals surface area contributed by atoms with Gasteiger partial charge >= 0.3 is 17.9 Å². The zero-order valence-corrected chi connectivity index (χ0v) is 18.4. The summed E-state index contributed by atoms with van der Waals surface area (Å²) in [6, 6.07) is 0. The Labute approximate surface area is 185 Å². The number of aromatic nitrogens is 4. The number of fused-ring (bicyclic) bond motifs is 1. The maximum atomic E-state index is 11.9. The number of hydrogen-bond donors (Lipinski definition) is 1. The average Bonchev–Trinajstić information content (AvgIpc) is 3.23. The molecule has 174 valence electrons. The van der Waals surface area contributed by atoms with Crippen molar-refractivity contribution in [3.63, 3.8) is 0 Å². The molecule has 3 rings (SSSR count). The fourth-order valence-corrected chi connectivity index (χ4v) is 3.69. The normalized spacial score (nSPS) is 22.6. The van der Waals surface area contributed by atoms with Crippen molar-refractivity contribution >= 4 is 46.9 Å². The lowest BCUT2D eigenvalue weighted by Crippen LogP contribution is -2.40. The summed E-state index contributed by atoms with van der Waals surface area (Å²) in [6.07, 6.45) is -3.09. The lowest BCUT2D eigenvalue weighted by atomic mass is 10.1. The summed E-state index contributed by atoms with van der Waals surface area (Å²) in [7, 11) is 1.30. The van der Waals surface area contributed by atoms with Crippen molar-refractivity contribution < 1.29 is 42.6 Å². The van der Waals surface area contributed by atoms with Gasteiger partial charge in [-0.3, -0.25) is 19.0 Å². The van der Waals surface area contributed by atoms with Gasteiger partial charge < -0.3 is 24.7 Å². The third kappa shape index (κ3) is 5.07. The minimum Gasteiger partial charge on any atom is -0.463 e. The fraction of sp³-hybridized carbons (Fsp3) is 0.529. The molecular weight excluding hydrogens is 450 g/mol. The molecule has 0 saturated carbocycles. The molecular formula is C17H21N5O9S. The Bertz CT molecular complexity index is 1020. The van der Waals surface area contributed by atoms with Gasteiger partial charge in [0.05, 0.1) is 7.11 Å². The number of nitrogen functional groups attached to an aromatic ring is 1. The van der Waals surface area contributed by atoms with Gasteiger partial charge in [0.15, 0.2) is 35.4 Å². The van der Waals surface area contributed by atoms with Crippen LogP contribution in [-0.4, -0.2) is 69.5 Å². The molecule has 0 radical (unpaired) electrons. The van der Waals surface area contributed by atoms with Gasteiger partial charge in [-0.2, -0.15) is 4.33 Å². The smallest absolute Gasteiger partial charge is 0.303 e. The molecule has 4 atom stereocenters. The molecule has 32 heavy (non-hydrogen) atoms. The molecule has 1 fully saturated rings. The van der Waals surface area contributed by atoms with E-state index in [0.717, 1.165) is 0 Å². The molecule has 14 nitrogen and oxygen atoms in total. The van der Waals surface area contributed by atoms with Crippen molar-refractivity contribution in [1.29, 1.82) is 0 Å². The highest BCUT2D eigenvalue weighted by Crippen LogP contribution is 2.39. The van der Waals surface area contributed by atoms with Crippen molar-refractivity contribution in [2.24, 2.45) is 0 Å². The van der Waals surface area contributed by atoms with E-state index in [4.69, 9.17) is 29.0 Å². The van der Waals surface area contributed by atoms with Crippen LogP contribution in [-0.2, 0) is 42.6 Å². The number of nitrogens with zero attached hydrogens (tertiary/aromatic N) is 4. The first-order valence-corrected chi connectivity index (χ1v) is 9.96. The predicted octanol–water partition coefficient (Wildman–Crippen LogP) is 0.317. The van der Waals surface area contributed by atoms with E-state index in [-0.39, 0.29) is 28.7 Å². The summed E-state index contributed by atoms with van der Waals surface area (Å²) in [4.78, 5) is 52.0. The number of anilines is 1. The minimum absolute atomic E-state index is 0.0862. The Balaban J connectivity index is 2.11. The average molecular weight is 471 g/mol. The monoisotopic (exact) mass is 471 g/mol. The van der Waals surface area contributed by atoms with Gasteiger partial charge in [0.1, 0.15) is 31.1 Å². The molecule has 0 amide bonds. The second kappa shape index (κ2) is 10.1. The van der Waals surface area contributed by atoms with Crippen LogP contribution in [0, 0.1) is 0 Å². The number of carbonyl (C=O) groups is 3. The van der Waals surface area contributed by atoms with Crippen molar-refractivity contribution in [3.8, 4) is 0 Å². The second-order valence-electron chi connectivity index (χ2n) is 6.53. The number of hydrogen-bond acceptors (Lipinski definition) is 14. The molecule has 15 heteroatoms. The standard InChI is InChI=1S/C17H21N5O9S/c1-7(23)27-5-10-12(28-8(2)24)13(29-9(3)25)16(30-10)22-15-11(14(18)19-6-20-15)21-17(22)32-31-26-4/h6,10,12-13,16H,5H2,1-4H3,(H2,18,19,20)/t10-,12-,13-,16-/m1/s1. The maximum absolute atomic E-state index is 11.9. The Kier molecular flexibility index (Phi) is 7.44. The van der Waals surface area contributed by atoms with Gasteiger partial charge in [0, 0.05) is 20.8 Å². The third-order valence-electron chi connectivity index (χ3n) is 4.24. The molecule has 0 spiro atoms. The van der Waals surface area contributed by atoms with E-state index in [1.807, 2.05) is 0 Å². The van der Waals surface area contributed by atoms with E-state index >= 15 is 0 Å². The van der Waals surface area contributed by atoms with Gasteiger partial charge in [-0.05, 0) is 0 Å². The summed E-state index contributed by atoms with van der Waals surface area (Å²) in [5.41, 5.74) is 6.38. The topological polar surface area (TPSA) is 176 Å². The van der Waals surface area contributed by atoms with Crippen molar-refractivity contribution in [3.05, 3.63) is 6.33 Å². The minimum atomic E-state index is -1.15. The highest BCUT2D eigenvalue weighted by atomic mass is 32.2. The first kappa shape index (κ1) is 23.6. The van der Waals surface area contributed by atoms with E-state index in [0.29, 0.717) is 12.0 Å². The number of imidazole rings is 1. The maximum Gasteiger partial charge on any atom is 0.303 e. The number of carbonyl (C=O) groups excluding carboxylic acids is 3. The first-order chi connectivity index (χ1) is 15.2. The molecule has 2 aromatic heterocycles. The zero-order chi connectivity index (χ0) is 23.4. The largest absolute Gasteiger partial charge is 0.463 e. The Morgan fingerprint density at radius 1 is 1.12 bits per heavy atom. The quantitative estimate of drug-likeness (QED) is 0.183. The zero-order valence-electron chi connectivity index (χ0n) is 17.5. The van der Waals surface area contributed by atoms with Crippen LogP contribution in [0.15, 0.2) is 11.5 Å². The summed E-state index contributed by atoms with van der Waals surface area (Å²) >= 11 is 0.717. The Morgan fingerprint density at radius 2 is 1.81 bits per heavy atom. The van der Waals surface area contributed by atoms with E-state index < -0.39 is 42.4 Å². The molecule has 1 aliphatic heterocycles. The van der Waals surface area contributed by atoms with E-state index in [2.05, 4.69) is 19.8 Å². The second-order valence-corrected chi connectivity index (χ2v) is 7.20. The summed E-state index contributed by atoms with van der Waals surface area (Å²) in [6.45, 7) is 3.34. The van der Waals surface area contributed by atoms with Crippen LogP contribution in [0.25, 0.3) is 11.2 Å². The van der Waals surface area contributed by atoms with Gasteiger partial charge in [-0.25, -0.2) is 19.8 Å². The molecule has 0 bridgehead atoms. The molecule has 0 aliphatic carbocycles. The highest BCUT2D eigenvalue weighted by Gasteiger charge is 2.51. The Morgan fingerprint density at radius 3 is 2.44 bits per heavy atom. The van der Waals surface area contributed by atoms with Crippen LogP contribution in [0.1, 0.15) is 27.0 Å². The van der Waals surface area contributed by atoms with Crippen LogP contribution >= 0.6 is 12.0 Å². The first-order valence-electron chi connectivity index (χ1n) is 9.22. The number of rotatable bonds is 8. The van der Waals surface area contributed by atoms with Crippen LogP contribution in [0.4, 0.5) is 5.82 Å².